The van der Waals surface area contributed by atoms with E-state index in [4.69, 9.17) is 14.9 Å². The van der Waals surface area contributed by atoms with Crippen molar-refractivity contribution in [1.82, 2.24) is 0 Å². The van der Waals surface area contributed by atoms with E-state index in [1.54, 1.807) is 13.8 Å². The Morgan fingerprint density at radius 3 is 2.00 bits per heavy atom. The Morgan fingerprint density at radius 2 is 1.62 bits per heavy atom. The lowest BCUT2D eigenvalue weighted by molar-refractivity contribution is -0.146. The zero-order valence-electron chi connectivity index (χ0n) is 8.59. The lowest BCUT2D eigenvalue weighted by atomic mass is 10.4. The lowest BCUT2D eigenvalue weighted by Crippen LogP contribution is -2.18. The fraction of sp³-hybridized carbons (Fsp3) is 0.778. The van der Waals surface area contributed by atoms with Crippen LogP contribution in [0.25, 0.3) is 0 Å². The molecule has 0 fully saturated rings. The molecular weight excluding hydrogens is 170 g/mol. The third-order valence-electron chi connectivity index (χ3n) is 1.05. The summed E-state index contributed by atoms with van der Waals surface area (Å²) in [5, 5.41) is 7.27. The Morgan fingerprint density at radius 1 is 1.15 bits per heavy atom. The van der Waals surface area contributed by atoms with Crippen LogP contribution in [0, 0.1) is 5.41 Å². The van der Waals surface area contributed by atoms with Gasteiger partial charge in [-0.25, -0.2) is 0 Å². The molecule has 0 bridgehead atoms. The van der Waals surface area contributed by atoms with Gasteiger partial charge in [0.1, 0.15) is 6.42 Å². The monoisotopic (exact) mass is 187 g/mol. The molecule has 4 heteroatoms. The molecule has 0 radical (unpaired) electrons. The molecule has 0 aromatic carbocycles. The molecule has 0 spiro atoms. The van der Waals surface area contributed by atoms with E-state index >= 15 is 0 Å². The van der Waals surface area contributed by atoms with E-state index in [9.17, 15) is 4.79 Å². The first-order valence-electron chi connectivity index (χ1n) is 4.35. The number of carbonyl (C=O) groups is 1. The Balaban J connectivity index is 3.72. The molecule has 0 aliphatic carbocycles. The van der Waals surface area contributed by atoms with Gasteiger partial charge < -0.3 is 9.47 Å². The van der Waals surface area contributed by atoms with Gasteiger partial charge in [0.25, 0.3) is 0 Å². The van der Waals surface area contributed by atoms with Crippen molar-refractivity contribution in [1.29, 1.82) is 5.41 Å². The van der Waals surface area contributed by atoms with Crippen molar-refractivity contribution in [3.05, 3.63) is 0 Å². The van der Waals surface area contributed by atoms with E-state index in [2.05, 4.69) is 0 Å². The predicted octanol–water partition coefficient (Wildman–Crippen LogP) is 1.73. The summed E-state index contributed by atoms with van der Waals surface area (Å²) < 4.78 is 9.83. The van der Waals surface area contributed by atoms with Crippen molar-refractivity contribution in [2.24, 2.45) is 0 Å². The van der Waals surface area contributed by atoms with Crippen LogP contribution in [0.15, 0.2) is 0 Å². The maximum atomic E-state index is 11.0. The molecule has 0 aromatic heterocycles. The summed E-state index contributed by atoms with van der Waals surface area (Å²) in [6, 6.07) is 0. The van der Waals surface area contributed by atoms with Crippen molar-refractivity contribution in [3.8, 4) is 0 Å². The normalized spacial score (nSPS) is 10.3. The molecule has 13 heavy (non-hydrogen) atoms. The largest absolute Gasteiger partial charge is 0.478 e. The minimum atomic E-state index is -0.416. The van der Waals surface area contributed by atoms with Gasteiger partial charge in [-0.2, -0.15) is 0 Å². The molecular formula is C9H17NO3. The summed E-state index contributed by atoms with van der Waals surface area (Å²) in [5.41, 5.74) is 0. The highest BCUT2D eigenvalue weighted by Gasteiger charge is 2.10. The van der Waals surface area contributed by atoms with Gasteiger partial charge in [-0.15, -0.1) is 0 Å². The van der Waals surface area contributed by atoms with E-state index < -0.39 is 5.97 Å². The molecule has 4 nitrogen and oxygen atoms in total. The average molecular weight is 187 g/mol. The van der Waals surface area contributed by atoms with Gasteiger partial charge in [0.2, 0.25) is 0 Å². The first-order valence-corrected chi connectivity index (χ1v) is 4.35. The fourth-order valence-electron chi connectivity index (χ4n) is 0.762. The quantitative estimate of drug-likeness (QED) is 0.414. The fourth-order valence-corrected chi connectivity index (χ4v) is 0.762. The molecule has 0 aliphatic rings. The Labute approximate surface area is 78.7 Å². The second-order valence-corrected chi connectivity index (χ2v) is 3.31. The molecule has 0 amide bonds. The van der Waals surface area contributed by atoms with Gasteiger partial charge in [0, 0.05) is 0 Å². The molecule has 0 atom stereocenters. The summed E-state index contributed by atoms with van der Waals surface area (Å²) in [7, 11) is 0. The van der Waals surface area contributed by atoms with Crippen LogP contribution in [-0.4, -0.2) is 24.1 Å². The summed E-state index contributed by atoms with van der Waals surface area (Å²) in [6.45, 7) is 7.15. The van der Waals surface area contributed by atoms with Gasteiger partial charge >= 0.3 is 5.97 Å². The number of ether oxygens (including phenoxy) is 2. The van der Waals surface area contributed by atoms with Crippen molar-refractivity contribution in [2.75, 3.05) is 0 Å². The summed E-state index contributed by atoms with van der Waals surface area (Å²) in [6.07, 6.45) is -0.296. The number of rotatable bonds is 4. The molecule has 0 saturated heterocycles. The van der Waals surface area contributed by atoms with Crippen LogP contribution < -0.4 is 0 Å². The summed E-state index contributed by atoms with van der Waals surface area (Å²) >= 11 is 0. The van der Waals surface area contributed by atoms with Crippen LogP contribution in [0.1, 0.15) is 34.1 Å². The highest BCUT2D eigenvalue weighted by atomic mass is 16.5. The number of nitrogens with one attached hydrogen (secondary N) is 1. The molecule has 0 aliphatic heterocycles. The van der Waals surface area contributed by atoms with Gasteiger partial charge in [0.15, 0.2) is 5.90 Å². The van der Waals surface area contributed by atoms with E-state index in [0.717, 1.165) is 0 Å². The van der Waals surface area contributed by atoms with Crippen LogP contribution in [0.2, 0.25) is 0 Å². The molecule has 0 aromatic rings. The second-order valence-electron chi connectivity index (χ2n) is 3.31. The summed E-state index contributed by atoms with van der Waals surface area (Å²) in [5.74, 6) is -0.457. The standard InChI is InChI=1S/C9H17NO3/c1-6(2)12-8(10)5-9(11)13-7(3)4/h6-7,10H,5H2,1-4H3. The molecule has 0 heterocycles. The van der Waals surface area contributed by atoms with Crippen molar-refractivity contribution in [3.63, 3.8) is 0 Å². The lowest BCUT2D eigenvalue weighted by Gasteiger charge is -2.11. The highest BCUT2D eigenvalue weighted by molar-refractivity contribution is 5.92. The maximum Gasteiger partial charge on any atom is 0.315 e. The molecule has 1 N–H and O–H groups in total. The molecule has 0 unspecified atom stereocenters. The number of esters is 1. The SMILES string of the molecule is CC(C)OC(=N)CC(=O)OC(C)C. The van der Waals surface area contributed by atoms with Crippen LogP contribution >= 0.6 is 0 Å². The molecule has 0 rings (SSSR count). The van der Waals surface area contributed by atoms with Crippen molar-refractivity contribution < 1.29 is 14.3 Å². The van der Waals surface area contributed by atoms with Gasteiger partial charge in [-0.1, -0.05) is 0 Å². The van der Waals surface area contributed by atoms with E-state index in [1.807, 2.05) is 13.8 Å². The minimum absolute atomic E-state index is 0.0411. The summed E-state index contributed by atoms with van der Waals surface area (Å²) in [4.78, 5) is 11.0. The van der Waals surface area contributed by atoms with Crippen molar-refractivity contribution in [2.45, 2.75) is 46.3 Å². The highest BCUT2D eigenvalue weighted by Crippen LogP contribution is 1.98. The molecule has 0 saturated carbocycles. The number of hydrogen-bond donors (Lipinski definition) is 1. The average Bonchev–Trinajstić information content (AvgIpc) is 1.80. The Hall–Kier alpha value is -1.06. The third kappa shape index (κ3) is 7.31. The topological polar surface area (TPSA) is 59.4 Å². The number of hydrogen-bond acceptors (Lipinski definition) is 4. The number of carbonyl (C=O) groups excluding carboxylic acids is 1. The van der Waals surface area contributed by atoms with Crippen LogP contribution in [-0.2, 0) is 14.3 Å². The van der Waals surface area contributed by atoms with E-state index in [1.165, 1.54) is 0 Å². The van der Waals surface area contributed by atoms with E-state index in [0.29, 0.717) is 0 Å². The zero-order chi connectivity index (χ0) is 10.4. The zero-order valence-corrected chi connectivity index (χ0v) is 8.59. The Bertz CT molecular complexity index is 167. The van der Waals surface area contributed by atoms with Crippen LogP contribution in [0.3, 0.4) is 0 Å². The third-order valence-corrected chi connectivity index (χ3v) is 1.05. The first kappa shape index (κ1) is 11.9. The van der Waals surface area contributed by atoms with Gasteiger partial charge in [-0.05, 0) is 27.7 Å². The Kier molecular flexibility index (Phi) is 5.11. The molecule has 76 valence electrons. The minimum Gasteiger partial charge on any atom is -0.478 e. The predicted molar refractivity (Wildman–Crippen MR) is 49.8 cm³/mol. The van der Waals surface area contributed by atoms with Crippen LogP contribution in [0.5, 0.6) is 0 Å². The van der Waals surface area contributed by atoms with Gasteiger partial charge in [-0.3, -0.25) is 10.2 Å². The smallest absolute Gasteiger partial charge is 0.315 e. The van der Waals surface area contributed by atoms with Gasteiger partial charge in [0.05, 0.1) is 12.2 Å². The van der Waals surface area contributed by atoms with E-state index in [-0.39, 0.29) is 24.5 Å². The second kappa shape index (κ2) is 5.56. The van der Waals surface area contributed by atoms with Crippen LogP contribution in [0.4, 0.5) is 0 Å². The maximum absolute atomic E-state index is 11.0. The first-order chi connectivity index (χ1) is 5.91. The van der Waals surface area contributed by atoms with Crippen molar-refractivity contribution >= 4 is 11.9 Å².